The van der Waals surface area contributed by atoms with Gasteiger partial charge in [0.25, 0.3) is 0 Å². The van der Waals surface area contributed by atoms with E-state index >= 15 is 0 Å². The van der Waals surface area contributed by atoms with E-state index in [2.05, 4.69) is 20.1 Å². The zero-order valence-electron chi connectivity index (χ0n) is 15.8. The van der Waals surface area contributed by atoms with Crippen LogP contribution in [0.15, 0.2) is 4.99 Å². The Balaban J connectivity index is 0.00000196. The maximum absolute atomic E-state index is 11.6. The second-order valence-corrected chi connectivity index (χ2v) is 10.6. The van der Waals surface area contributed by atoms with Crippen LogP contribution in [-0.2, 0) is 9.84 Å². The summed E-state index contributed by atoms with van der Waals surface area (Å²) >= 11 is 0. The van der Waals surface area contributed by atoms with Crippen molar-refractivity contribution in [1.29, 1.82) is 0 Å². The number of guanidine groups is 1. The Morgan fingerprint density at radius 3 is 2.62 bits per heavy atom. The van der Waals surface area contributed by atoms with Crippen molar-refractivity contribution in [2.45, 2.75) is 50.6 Å². The van der Waals surface area contributed by atoms with Crippen molar-refractivity contribution in [3.63, 3.8) is 0 Å². The minimum Gasteiger partial charge on any atom is -0.356 e. The van der Waals surface area contributed by atoms with Gasteiger partial charge >= 0.3 is 0 Å². The van der Waals surface area contributed by atoms with Crippen LogP contribution in [0.3, 0.4) is 0 Å². The first-order chi connectivity index (χ1) is 12.1. The van der Waals surface area contributed by atoms with E-state index in [0.29, 0.717) is 11.5 Å². The first-order valence-electron chi connectivity index (χ1n) is 9.97. The van der Waals surface area contributed by atoms with E-state index in [4.69, 9.17) is 0 Å². The lowest BCUT2D eigenvalue weighted by Gasteiger charge is -2.48. The Bertz CT molecular complexity index is 623. The molecule has 1 saturated carbocycles. The molecule has 1 aliphatic carbocycles. The van der Waals surface area contributed by atoms with E-state index in [1.165, 1.54) is 38.6 Å². The Hall–Kier alpha value is -0.0900. The second-order valence-electron chi connectivity index (χ2n) is 8.37. The zero-order chi connectivity index (χ0) is 17.4. The van der Waals surface area contributed by atoms with E-state index in [1.807, 2.05) is 7.05 Å². The molecule has 0 aromatic carbocycles. The number of nitrogens with zero attached hydrogens (tertiary/aromatic N) is 3. The molecule has 4 aliphatic rings. The van der Waals surface area contributed by atoms with Gasteiger partial charge in [-0.25, -0.2) is 8.42 Å². The van der Waals surface area contributed by atoms with Gasteiger partial charge in [-0.1, -0.05) is 0 Å². The highest BCUT2D eigenvalue weighted by atomic mass is 127. The first kappa shape index (κ1) is 20.6. The summed E-state index contributed by atoms with van der Waals surface area (Å²) < 4.78 is 23.3. The Morgan fingerprint density at radius 1 is 1.15 bits per heavy atom. The minimum absolute atomic E-state index is 0. The Morgan fingerprint density at radius 2 is 1.96 bits per heavy atom. The molecule has 4 rings (SSSR count). The van der Waals surface area contributed by atoms with Crippen molar-refractivity contribution in [1.82, 2.24) is 15.1 Å². The molecule has 0 aromatic rings. The first-order valence-corrected chi connectivity index (χ1v) is 11.8. The number of nitrogens with one attached hydrogen (secondary N) is 1. The number of halogens is 1. The van der Waals surface area contributed by atoms with Crippen molar-refractivity contribution in [2.24, 2.45) is 16.8 Å². The molecule has 3 atom stereocenters. The third kappa shape index (κ3) is 4.66. The molecule has 150 valence electrons. The molecule has 3 saturated heterocycles. The lowest BCUT2D eigenvalue weighted by Crippen LogP contribution is -2.57. The van der Waals surface area contributed by atoms with Crippen molar-refractivity contribution < 1.29 is 8.42 Å². The molecule has 0 radical (unpaired) electrons. The number of hydrogen-bond acceptors (Lipinski definition) is 4. The van der Waals surface area contributed by atoms with Gasteiger partial charge in [-0.2, -0.15) is 0 Å². The van der Waals surface area contributed by atoms with Gasteiger partial charge in [0, 0.05) is 38.8 Å². The van der Waals surface area contributed by atoms with E-state index in [9.17, 15) is 8.42 Å². The molecule has 3 unspecified atom stereocenters. The topological polar surface area (TPSA) is 65.0 Å². The molecular weight excluding hydrogens is 463 g/mol. The van der Waals surface area contributed by atoms with E-state index in [0.717, 1.165) is 50.0 Å². The normalized spacial score (nSPS) is 34.9. The largest absolute Gasteiger partial charge is 0.356 e. The van der Waals surface area contributed by atoms with Crippen molar-refractivity contribution in [3.8, 4) is 0 Å². The highest BCUT2D eigenvalue weighted by Crippen LogP contribution is 2.38. The van der Waals surface area contributed by atoms with Gasteiger partial charge < -0.3 is 10.2 Å². The van der Waals surface area contributed by atoms with Gasteiger partial charge in [0.2, 0.25) is 0 Å². The number of likely N-dealkylation sites (tertiary alicyclic amines) is 2. The van der Waals surface area contributed by atoms with Crippen LogP contribution < -0.4 is 5.32 Å². The maximum atomic E-state index is 11.6. The monoisotopic (exact) mass is 496 g/mol. The van der Waals surface area contributed by atoms with E-state index in [-0.39, 0.29) is 29.9 Å². The van der Waals surface area contributed by atoms with Crippen LogP contribution in [0, 0.1) is 11.8 Å². The maximum Gasteiger partial charge on any atom is 0.193 e. The number of sulfone groups is 1. The predicted molar refractivity (Wildman–Crippen MR) is 116 cm³/mol. The average molecular weight is 496 g/mol. The van der Waals surface area contributed by atoms with Crippen LogP contribution in [0.1, 0.15) is 38.5 Å². The summed E-state index contributed by atoms with van der Waals surface area (Å²) in [6.07, 6.45) is 7.49. The van der Waals surface area contributed by atoms with Gasteiger partial charge in [-0.15, -0.1) is 24.0 Å². The standard InChI is InChI=1S/C18H32N4O2S.HI/c1-19-18(20-11-14-7-10-25(23,24)13-14)21-9-6-17-15(12-21)3-2-8-22(17)16-4-5-16;/h14-17H,2-13H2,1H3,(H,19,20);1H. The quantitative estimate of drug-likeness (QED) is 0.365. The summed E-state index contributed by atoms with van der Waals surface area (Å²) in [6, 6.07) is 1.65. The number of rotatable bonds is 3. The van der Waals surface area contributed by atoms with Crippen LogP contribution >= 0.6 is 24.0 Å². The summed E-state index contributed by atoms with van der Waals surface area (Å²) in [7, 11) is -0.954. The van der Waals surface area contributed by atoms with Crippen molar-refractivity contribution in [3.05, 3.63) is 0 Å². The number of hydrogen-bond donors (Lipinski definition) is 1. The van der Waals surface area contributed by atoms with E-state index < -0.39 is 9.84 Å². The van der Waals surface area contributed by atoms with Gasteiger partial charge in [0.05, 0.1) is 11.5 Å². The van der Waals surface area contributed by atoms with Gasteiger partial charge in [-0.3, -0.25) is 9.89 Å². The number of piperidine rings is 2. The molecule has 3 heterocycles. The predicted octanol–water partition coefficient (Wildman–Crippen LogP) is 1.56. The SMILES string of the molecule is CN=C(NCC1CCS(=O)(=O)C1)N1CCC2C(CCCN2C2CC2)C1.I. The zero-order valence-corrected chi connectivity index (χ0v) is 18.9. The molecule has 0 aromatic heterocycles. The fraction of sp³-hybridized carbons (Fsp3) is 0.944. The fourth-order valence-electron chi connectivity index (χ4n) is 5.09. The molecule has 26 heavy (non-hydrogen) atoms. The molecule has 3 aliphatic heterocycles. The Labute approximate surface area is 175 Å². The minimum atomic E-state index is -2.80. The fourth-order valence-corrected chi connectivity index (χ4v) is 6.96. The van der Waals surface area contributed by atoms with Crippen LogP contribution in [-0.4, -0.2) is 81.0 Å². The molecule has 0 bridgehead atoms. The number of fused-ring (bicyclic) bond motifs is 1. The molecule has 8 heteroatoms. The van der Waals surface area contributed by atoms with Gasteiger partial charge in [-0.05, 0) is 56.9 Å². The summed E-state index contributed by atoms with van der Waals surface area (Å²) in [5.74, 6) is 2.64. The third-order valence-electron chi connectivity index (χ3n) is 6.51. The van der Waals surface area contributed by atoms with Gasteiger partial charge in [0.1, 0.15) is 0 Å². The summed E-state index contributed by atoms with van der Waals surface area (Å²) in [5.41, 5.74) is 0. The van der Waals surface area contributed by atoms with Gasteiger partial charge in [0.15, 0.2) is 15.8 Å². The van der Waals surface area contributed by atoms with E-state index in [1.54, 1.807) is 0 Å². The van der Waals surface area contributed by atoms with Crippen LogP contribution in [0.25, 0.3) is 0 Å². The summed E-state index contributed by atoms with van der Waals surface area (Å²) in [6.45, 7) is 4.18. The molecule has 0 spiro atoms. The summed E-state index contributed by atoms with van der Waals surface area (Å²) in [5, 5.41) is 3.46. The number of aliphatic imine (C=N–C) groups is 1. The van der Waals surface area contributed by atoms with Crippen LogP contribution in [0.4, 0.5) is 0 Å². The lowest BCUT2D eigenvalue weighted by molar-refractivity contribution is 0.0369. The molecule has 0 amide bonds. The molecule has 6 nitrogen and oxygen atoms in total. The average Bonchev–Trinajstić information content (AvgIpc) is 3.38. The van der Waals surface area contributed by atoms with Crippen LogP contribution in [0.2, 0.25) is 0 Å². The van der Waals surface area contributed by atoms with Crippen LogP contribution in [0.5, 0.6) is 0 Å². The Kier molecular flexibility index (Phi) is 6.75. The second kappa shape index (κ2) is 8.51. The van der Waals surface area contributed by atoms with Crippen molar-refractivity contribution >= 4 is 39.8 Å². The smallest absolute Gasteiger partial charge is 0.193 e. The lowest BCUT2D eigenvalue weighted by atomic mass is 9.83. The molecule has 4 fully saturated rings. The molecule has 1 N–H and O–H groups in total. The third-order valence-corrected chi connectivity index (χ3v) is 8.35. The summed E-state index contributed by atoms with van der Waals surface area (Å²) in [4.78, 5) is 9.68. The highest BCUT2D eigenvalue weighted by molar-refractivity contribution is 14.0. The van der Waals surface area contributed by atoms with Crippen molar-refractivity contribution in [2.75, 3.05) is 44.7 Å². The molecular formula is C18H33IN4O2S. The highest BCUT2D eigenvalue weighted by Gasteiger charge is 2.42.